The molecule has 3 nitrogen and oxygen atoms in total. The molecule has 0 aliphatic carbocycles. The molecule has 1 unspecified atom stereocenters. The van der Waals surface area contributed by atoms with E-state index in [1.165, 1.54) is 0 Å². The van der Waals surface area contributed by atoms with Crippen molar-refractivity contribution in [1.82, 2.24) is 10.2 Å². The molecule has 1 aliphatic rings. The summed E-state index contributed by atoms with van der Waals surface area (Å²) < 4.78 is 5.71. The quantitative estimate of drug-likeness (QED) is 0.818. The van der Waals surface area contributed by atoms with Crippen molar-refractivity contribution >= 4 is 0 Å². The van der Waals surface area contributed by atoms with Gasteiger partial charge in [-0.15, -0.1) is 0 Å². The molecule has 84 valence electrons. The Labute approximate surface area is 91.4 Å². The van der Waals surface area contributed by atoms with Crippen molar-refractivity contribution in [2.45, 2.75) is 32.9 Å². The zero-order chi connectivity index (χ0) is 10.7. The Morgan fingerprint density at radius 3 is 2.93 bits per heavy atom. The lowest BCUT2D eigenvalue weighted by molar-refractivity contribution is 0.185. The molecule has 1 N–H and O–H groups in total. The van der Waals surface area contributed by atoms with Gasteiger partial charge in [-0.3, -0.25) is 4.90 Å². The number of aryl methyl sites for hydroxylation is 1. The number of rotatable bonds is 3. The van der Waals surface area contributed by atoms with Gasteiger partial charge in [-0.2, -0.15) is 0 Å². The van der Waals surface area contributed by atoms with Crippen molar-refractivity contribution in [2.75, 3.05) is 19.6 Å². The fourth-order valence-electron chi connectivity index (χ4n) is 2.07. The minimum absolute atomic E-state index is 0.597. The van der Waals surface area contributed by atoms with Gasteiger partial charge in [-0.25, -0.2) is 0 Å². The van der Waals surface area contributed by atoms with Crippen LogP contribution in [0.5, 0.6) is 0 Å². The number of hydrogen-bond donors (Lipinski definition) is 1. The third kappa shape index (κ3) is 2.83. The molecule has 1 aliphatic heterocycles. The Hall–Kier alpha value is -0.800. The predicted octanol–water partition coefficient (Wildman–Crippen LogP) is 1.64. The highest BCUT2D eigenvalue weighted by atomic mass is 16.3. The molecule has 15 heavy (non-hydrogen) atoms. The average molecular weight is 208 g/mol. The van der Waals surface area contributed by atoms with E-state index in [1.54, 1.807) is 0 Å². The monoisotopic (exact) mass is 208 g/mol. The summed E-state index contributed by atoms with van der Waals surface area (Å²) in [7, 11) is 0. The molecule has 0 aromatic carbocycles. The second-order valence-electron chi connectivity index (χ2n) is 4.31. The Morgan fingerprint density at radius 2 is 2.27 bits per heavy atom. The van der Waals surface area contributed by atoms with E-state index in [0.717, 1.165) is 44.1 Å². The van der Waals surface area contributed by atoms with Gasteiger partial charge in [0.15, 0.2) is 0 Å². The van der Waals surface area contributed by atoms with Crippen LogP contribution in [0, 0.1) is 0 Å². The summed E-state index contributed by atoms with van der Waals surface area (Å²) in [6, 6.07) is 4.78. The van der Waals surface area contributed by atoms with Gasteiger partial charge in [0.25, 0.3) is 0 Å². The third-order valence-corrected chi connectivity index (χ3v) is 2.90. The molecule has 1 aromatic rings. The van der Waals surface area contributed by atoms with Crippen LogP contribution in [0.15, 0.2) is 16.5 Å². The SMILES string of the molecule is CCc1ccc(CN2CCNC(C)C2)o1. The summed E-state index contributed by atoms with van der Waals surface area (Å²) in [6.07, 6.45) is 0.984. The molecule has 3 heteroatoms. The first-order valence-electron chi connectivity index (χ1n) is 5.81. The van der Waals surface area contributed by atoms with E-state index in [4.69, 9.17) is 4.42 Å². The molecule has 1 atom stereocenters. The van der Waals surface area contributed by atoms with Crippen molar-refractivity contribution in [3.05, 3.63) is 23.7 Å². The molecule has 1 saturated heterocycles. The second-order valence-corrected chi connectivity index (χ2v) is 4.31. The molecule has 0 radical (unpaired) electrons. The molecule has 1 aromatic heterocycles. The molecule has 0 amide bonds. The maximum atomic E-state index is 5.71. The van der Waals surface area contributed by atoms with E-state index < -0.39 is 0 Å². The molecule has 0 bridgehead atoms. The largest absolute Gasteiger partial charge is 0.465 e. The molecule has 0 spiro atoms. The normalized spacial score (nSPS) is 23.2. The van der Waals surface area contributed by atoms with Crippen LogP contribution in [0.25, 0.3) is 0 Å². The van der Waals surface area contributed by atoms with Gasteiger partial charge in [0.1, 0.15) is 11.5 Å². The van der Waals surface area contributed by atoms with Crippen LogP contribution in [0.2, 0.25) is 0 Å². The minimum Gasteiger partial charge on any atom is -0.465 e. The first kappa shape index (κ1) is 10.7. The molecular weight excluding hydrogens is 188 g/mol. The van der Waals surface area contributed by atoms with Crippen molar-refractivity contribution in [2.24, 2.45) is 0 Å². The fourth-order valence-corrected chi connectivity index (χ4v) is 2.07. The van der Waals surface area contributed by atoms with Crippen LogP contribution in [0.3, 0.4) is 0 Å². The molecular formula is C12H20N2O. The predicted molar refractivity (Wildman–Crippen MR) is 60.8 cm³/mol. The van der Waals surface area contributed by atoms with Gasteiger partial charge >= 0.3 is 0 Å². The van der Waals surface area contributed by atoms with Crippen molar-refractivity contribution < 1.29 is 4.42 Å². The van der Waals surface area contributed by atoms with Crippen LogP contribution in [0.1, 0.15) is 25.4 Å². The lowest BCUT2D eigenvalue weighted by Gasteiger charge is -2.31. The number of furan rings is 1. The van der Waals surface area contributed by atoms with E-state index in [-0.39, 0.29) is 0 Å². The Morgan fingerprint density at radius 1 is 1.47 bits per heavy atom. The van der Waals surface area contributed by atoms with Gasteiger partial charge in [0, 0.05) is 32.1 Å². The summed E-state index contributed by atoms with van der Waals surface area (Å²) in [5.74, 6) is 2.19. The summed E-state index contributed by atoms with van der Waals surface area (Å²) in [4.78, 5) is 2.44. The first-order valence-corrected chi connectivity index (χ1v) is 5.81. The van der Waals surface area contributed by atoms with Crippen LogP contribution in [-0.2, 0) is 13.0 Å². The molecule has 0 saturated carbocycles. The van der Waals surface area contributed by atoms with Gasteiger partial charge < -0.3 is 9.73 Å². The topological polar surface area (TPSA) is 28.4 Å². The number of piperazine rings is 1. The highest BCUT2D eigenvalue weighted by Crippen LogP contribution is 2.12. The minimum atomic E-state index is 0.597. The smallest absolute Gasteiger partial charge is 0.118 e. The van der Waals surface area contributed by atoms with Crippen LogP contribution in [0.4, 0.5) is 0 Å². The molecule has 2 heterocycles. The Bertz CT molecular complexity index is 308. The van der Waals surface area contributed by atoms with Crippen LogP contribution in [-0.4, -0.2) is 30.6 Å². The van der Waals surface area contributed by atoms with Gasteiger partial charge in [-0.05, 0) is 19.1 Å². The Kier molecular flexibility index (Phi) is 3.44. The van der Waals surface area contributed by atoms with Crippen LogP contribution >= 0.6 is 0 Å². The zero-order valence-corrected chi connectivity index (χ0v) is 9.62. The third-order valence-electron chi connectivity index (χ3n) is 2.90. The van der Waals surface area contributed by atoms with E-state index in [9.17, 15) is 0 Å². The summed E-state index contributed by atoms with van der Waals surface area (Å²) >= 11 is 0. The molecule has 2 rings (SSSR count). The lowest BCUT2D eigenvalue weighted by atomic mass is 10.2. The average Bonchev–Trinajstić information content (AvgIpc) is 2.65. The number of nitrogens with one attached hydrogen (secondary N) is 1. The van der Waals surface area contributed by atoms with Crippen molar-refractivity contribution in [3.63, 3.8) is 0 Å². The van der Waals surface area contributed by atoms with E-state index in [2.05, 4.69) is 36.2 Å². The molecule has 1 fully saturated rings. The summed E-state index contributed by atoms with van der Waals surface area (Å²) in [5.41, 5.74) is 0. The van der Waals surface area contributed by atoms with Gasteiger partial charge in [0.05, 0.1) is 6.54 Å². The highest BCUT2D eigenvalue weighted by Gasteiger charge is 2.16. The summed E-state index contributed by atoms with van der Waals surface area (Å²) in [5, 5.41) is 3.44. The Balaban J connectivity index is 1.90. The maximum absolute atomic E-state index is 5.71. The number of hydrogen-bond acceptors (Lipinski definition) is 3. The van der Waals surface area contributed by atoms with Gasteiger partial charge in [-0.1, -0.05) is 6.92 Å². The highest BCUT2D eigenvalue weighted by molar-refractivity contribution is 5.07. The maximum Gasteiger partial charge on any atom is 0.118 e. The summed E-state index contributed by atoms with van der Waals surface area (Å²) in [6.45, 7) is 8.62. The zero-order valence-electron chi connectivity index (χ0n) is 9.62. The van der Waals surface area contributed by atoms with Crippen LogP contribution < -0.4 is 5.32 Å². The fraction of sp³-hybridized carbons (Fsp3) is 0.667. The standard InChI is InChI=1S/C12H20N2O/c1-3-11-4-5-12(15-11)9-14-7-6-13-10(2)8-14/h4-5,10,13H,3,6-9H2,1-2H3. The van der Waals surface area contributed by atoms with Gasteiger partial charge in [0.2, 0.25) is 0 Å². The van der Waals surface area contributed by atoms with Crippen molar-refractivity contribution in [3.8, 4) is 0 Å². The first-order chi connectivity index (χ1) is 7.28. The van der Waals surface area contributed by atoms with E-state index in [0.29, 0.717) is 6.04 Å². The van der Waals surface area contributed by atoms with E-state index in [1.807, 2.05) is 0 Å². The number of nitrogens with zero attached hydrogens (tertiary/aromatic N) is 1. The van der Waals surface area contributed by atoms with Crippen molar-refractivity contribution in [1.29, 1.82) is 0 Å². The lowest BCUT2D eigenvalue weighted by Crippen LogP contribution is -2.48. The second kappa shape index (κ2) is 4.81. The van der Waals surface area contributed by atoms with E-state index >= 15 is 0 Å².